The number of ether oxygens (including phenoxy) is 1. The first-order chi connectivity index (χ1) is 7.99. The van der Waals surface area contributed by atoms with E-state index < -0.39 is 6.04 Å². The molecule has 1 atom stereocenters. The van der Waals surface area contributed by atoms with E-state index in [0.717, 1.165) is 11.1 Å². The summed E-state index contributed by atoms with van der Waals surface area (Å²) < 4.78 is 5.25. The van der Waals surface area contributed by atoms with E-state index in [1.807, 2.05) is 13.0 Å². The van der Waals surface area contributed by atoms with Crippen LogP contribution in [0.1, 0.15) is 11.1 Å². The van der Waals surface area contributed by atoms with Crippen molar-refractivity contribution in [2.24, 2.45) is 5.73 Å². The Morgan fingerprint density at radius 2 is 2.24 bits per heavy atom. The quantitative estimate of drug-likeness (QED) is 0.853. The van der Waals surface area contributed by atoms with Crippen molar-refractivity contribution in [3.05, 3.63) is 28.3 Å². The van der Waals surface area contributed by atoms with E-state index in [-0.39, 0.29) is 5.91 Å². The lowest BCUT2D eigenvalue weighted by molar-refractivity contribution is -0.121. The molecule has 4 nitrogen and oxygen atoms in total. The van der Waals surface area contributed by atoms with Gasteiger partial charge in [-0.2, -0.15) is 0 Å². The van der Waals surface area contributed by atoms with Crippen molar-refractivity contribution in [2.45, 2.75) is 19.4 Å². The van der Waals surface area contributed by atoms with Crippen molar-refractivity contribution >= 4 is 17.5 Å². The van der Waals surface area contributed by atoms with Gasteiger partial charge in [-0.3, -0.25) is 4.79 Å². The third-order valence-electron chi connectivity index (χ3n) is 2.58. The molecule has 0 radical (unpaired) electrons. The van der Waals surface area contributed by atoms with Gasteiger partial charge in [0.1, 0.15) is 5.75 Å². The Kier molecular flexibility index (Phi) is 4.78. The summed E-state index contributed by atoms with van der Waals surface area (Å²) >= 11 is 6.04. The summed E-state index contributed by atoms with van der Waals surface area (Å²) in [6.07, 6.45) is 0.392. The first-order valence-corrected chi connectivity index (χ1v) is 5.67. The number of rotatable bonds is 4. The number of aryl methyl sites for hydroxylation is 1. The van der Waals surface area contributed by atoms with Gasteiger partial charge in [-0.25, -0.2) is 0 Å². The molecular weight excluding hydrogens is 240 g/mol. The summed E-state index contributed by atoms with van der Waals surface area (Å²) in [4.78, 5) is 11.4. The van der Waals surface area contributed by atoms with Crippen LogP contribution in [0, 0.1) is 6.92 Å². The SMILES string of the molecule is CNC(=O)C(N)Cc1cc(Cl)c(C)cc1OC. The molecular formula is C12H17ClN2O2. The van der Waals surface area contributed by atoms with E-state index in [1.54, 1.807) is 20.2 Å². The standard InChI is InChI=1S/C12H17ClN2O2/c1-7-4-11(17-3)8(5-9(7)13)6-10(14)12(16)15-2/h4-5,10H,6,14H2,1-3H3,(H,15,16). The molecule has 0 fully saturated rings. The van der Waals surface area contributed by atoms with Gasteiger partial charge in [0.2, 0.25) is 5.91 Å². The molecule has 0 saturated carbocycles. The minimum absolute atomic E-state index is 0.205. The predicted molar refractivity (Wildman–Crippen MR) is 68.5 cm³/mol. The highest BCUT2D eigenvalue weighted by molar-refractivity contribution is 6.31. The first-order valence-electron chi connectivity index (χ1n) is 5.29. The average Bonchev–Trinajstić information content (AvgIpc) is 2.32. The molecule has 1 unspecified atom stereocenters. The highest BCUT2D eigenvalue weighted by Crippen LogP contribution is 2.27. The highest BCUT2D eigenvalue weighted by atomic mass is 35.5. The van der Waals surface area contributed by atoms with Crippen LogP contribution in [0.25, 0.3) is 0 Å². The summed E-state index contributed by atoms with van der Waals surface area (Å²) in [6.45, 7) is 1.90. The number of methoxy groups -OCH3 is 1. The summed E-state index contributed by atoms with van der Waals surface area (Å²) in [5.74, 6) is 0.495. The molecule has 0 saturated heterocycles. The fourth-order valence-corrected chi connectivity index (χ4v) is 1.75. The minimum atomic E-state index is -0.604. The van der Waals surface area contributed by atoms with Gasteiger partial charge >= 0.3 is 0 Å². The van der Waals surface area contributed by atoms with E-state index in [4.69, 9.17) is 22.1 Å². The lowest BCUT2D eigenvalue weighted by Crippen LogP contribution is -2.40. The Bertz CT molecular complexity index is 421. The van der Waals surface area contributed by atoms with Crippen LogP contribution in [0.3, 0.4) is 0 Å². The van der Waals surface area contributed by atoms with Crippen molar-refractivity contribution in [1.29, 1.82) is 0 Å². The number of carbonyl (C=O) groups excluding carboxylic acids is 1. The number of amides is 1. The van der Waals surface area contributed by atoms with Gasteiger partial charge in [-0.1, -0.05) is 11.6 Å². The first kappa shape index (κ1) is 13.8. The van der Waals surface area contributed by atoms with E-state index in [1.165, 1.54) is 0 Å². The zero-order chi connectivity index (χ0) is 13.0. The molecule has 1 amide bonds. The number of benzene rings is 1. The van der Waals surface area contributed by atoms with Crippen molar-refractivity contribution in [3.63, 3.8) is 0 Å². The zero-order valence-electron chi connectivity index (χ0n) is 10.2. The lowest BCUT2D eigenvalue weighted by atomic mass is 10.0. The normalized spacial score (nSPS) is 12.1. The smallest absolute Gasteiger partial charge is 0.237 e. The summed E-state index contributed by atoms with van der Waals surface area (Å²) in [6, 6.07) is 3.03. The molecule has 0 bridgehead atoms. The van der Waals surface area contributed by atoms with Crippen LogP contribution in [0.2, 0.25) is 5.02 Å². The van der Waals surface area contributed by atoms with Crippen molar-refractivity contribution < 1.29 is 9.53 Å². The third-order valence-corrected chi connectivity index (χ3v) is 2.99. The number of nitrogens with two attached hydrogens (primary N) is 1. The molecule has 0 heterocycles. The lowest BCUT2D eigenvalue weighted by Gasteiger charge is -2.14. The Hall–Kier alpha value is -1.26. The second-order valence-electron chi connectivity index (χ2n) is 3.84. The maximum absolute atomic E-state index is 11.4. The number of halogens is 1. The molecule has 0 aliphatic carbocycles. The highest BCUT2D eigenvalue weighted by Gasteiger charge is 2.16. The van der Waals surface area contributed by atoms with Gasteiger partial charge in [0.25, 0.3) is 0 Å². The molecule has 94 valence electrons. The van der Waals surface area contributed by atoms with Crippen LogP contribution >= 0.6 is 11.6 Å². The van der Waals surface area contributed by atoms with Crippen LogP contribution in [0.4, 0.5) is 0 Å². The molecule has 0 aliphatic heterocycles. The molecule has 1 aromatic carbocycles. The monoisotopic (exact) mass is 256 g/mol. The average molecular weight is 257 g/mol. The fourth-order valence-electron chi connectivity index (χ4n) is 1.56. The van der Waals surface area contributed by atoms with Crippen LogP contribution in [0.5, 0.6) is 5.75 Å². The summed E-state index contributed by atoms with van der Waals surface area (Å²) in [7, 11) is 3.14. The Morgan fingerprint density at radius 1 is 1.59 bits per heavy atom. The molecule has 0 spiro atoms. The van der Waals surface area contributed by atoms with Crippen LogP contribution in [0.15, 0.2) is 12.1 Å². The predicted octanol–water partition coefficient (Wildman–Crippen LogP) is 1.27. The molecule has 3 N–H and O–H groups in total. The maximum atomic E-state index is 11.4. The van der Waals surface area contributed by atoms with Gasteiger partial charge in [-0.05, 0) is 30.2 Å². The van der Waals surface area contributed by atoms with Gasteiger partial charge in [-0.15, -0.1) is 0 Å². The van der Waals surface area contributed by atoms with Gasteiger partial charge < -0.3 is 15.8 Å². The van der Waals surface area contributed by atoms with Gasteiger partial charge in [0.15, 0.2) is 0 Å². The number of hydrogen-bond acceptors (Lipinski definition) is 3. The van der Waals surface area contributed by atoms with Crippen molar-refractivity contribution in [1.82, 2.24) is 5.32 Å². The Morgan fingerprint density at radius 3 is 2.76 bits per heavy atom. The fraction of sp³-hybridized carbons (Fsp3) is 0.417. The van der Waals surface area contributed by atoms with Crippen molar-refractivity contribution in [2.75, 3.05) is 14.2 Å². The maximum Gasteiger partial charge on any atom is 0.237 e. The van der Waals surface area contributed by atoms with Gasteiger partial charge in [0, 0.05) is 18.5 Å². The van der Waals surface area contributed by atoms with Crippen LogP contribution < -0.4 is 15.8 Å². The topological polar surface area (TPSA) is 64.4 Å². The largest absolute Gasteiger partial charge is 0.496 e. The molecule has 1 aromatic rings. The zero-order valence-corrected chi connectivity index (χ0v) is 11.0. The molecule has 0 aliphatic rings. The number of nitrogens with one attached hydrogen (secondary N) is 1. The summed E-state index contributed by atoms with van der Waals surface area (Å²) in [5.41, 5.74) is 7.52. The van der Waals surface area contributed by atoms with Crippen LogP contribution in [-0.4, -0.2) is 26.1 Å². The second-order valence-corrected chi connectivity index (χ2v) is 4.25. The van der Waals surface area contributed by atoms with E-state index in [9.17, 15) is 4.79 Å². The number of hydrogen-bond donors (Lipinski definition) is 2. The molecule has 5 heteroatoms. The number of carbonyl (C=O) groups is 1. The van der Waals surface area contributed by atoms with Crippen molar-refractivity contribution in [3.8, 4) is 5.75 Å². The minimum Gasteiger partial charge on any atom is -0.496 e. The third kappa shape index (κ3) is 3.35. The molecule has 17 heavy (non-hydrogen) atoms. The van der Waals surface area contributed by atoms with E-state index in [2.05, 4.69) is 5.32 Å². The Labute approximate surface area is 106 Å². The Balaban J connectivity index is 2.97. The second kappa shape index (κ2) is 5.89. The van der Waals surface area contributed by atoms with E-state index >= 15 is 0 Å². The van der Waals surface area contributed by atoms with Gasteiger partial charge in [0.05, 0.1) is 13.2 Å². The molecule has 0 aromatic heterocycles. The van der Waals surface area contributed by atoms with E-state index in [0.29, 0.717) is 17.2 Å². The molecule has 1 rings (SSSR count). The summed E-state index contributed by atoms with van der Waals surface area (Å²) in [5, 5.41) is 3.15. The van der Waals surface area contributed by atoms with Crippen LogP contribution in [-0.2, 0) is 11.2 Å². The number of likely N-dealkylation sites (N-methyl/N-ethyl adjacent to an activating group) is 1.